The van der Waals surface area contributed by atoms with Gasteiger partial charge in [-0.2, -0.15) is 5.90 Å². The van der Waals surface area contributed by atoms with Gasteiger partial charge < -0.3 is 4.84 Å². The van der Waals surface area contributed by atoms with Crippen molar-refractivity contribution in [1.82, 2.24) is 0 Å². The second kappa shape index (κ2) is 7.80. The zero-order valence-electron chi connectivity index (χ0n) is 5.21. The first-order chi connectivity index (χ1) is 4.41. The molecule has 4 N–H and O–H groups in total. The van der Waals surface area contributed by atoms with Crippen molar-refractivity contribution in [3.8, 4) is 0 Å². The quantitative estimate of drug-likeness (QED) is 0.292. The Hall–Kier alpha value is -0.200. The number of hydrogen-bond donors (Lipinski definition) is 2. The van der Waals surface area contributed by atoms with Crippen LogP contribution in [-0.2, 0) is 14.7 Å². The fourth-order valence-electron chi connectivity index (χ4n) is 0.394. The molecule has 0 radical (unpaired) electrons. The summed E-state index contributed by atoms with van der Waals surface area (Å²) in [6.07, 6.45) is 1.67. The summed E-state index contributed by atoms with van der Waals surface area (Å²) in [4.78, 5) is 12.5. The summed E-state index contributed by atoms with van der Waals surface area (Å²) in [5.74, 6) is 9.31. The van der Waals surface area contributed by atoms with Crippen LogP contribution in [0.2, 0.25) is 0 Å². The minimum absolute atomic E-state index is 0.472. The van der Waals surface area contributed by atoms with Crippen LogP contribution in [0.3, 0.4) is 0 Å². The van der Waals surface area contributed by atoms with E-state index in [9.17, 15) is 0 Å². The third kappa shape index (κ3) is 7.80. The molecule has 0 fully saturated rings. The molecule has 0 amide bonds. The maximum absolute atomic E-state index is 4.75. The second-order valence-corrected chi connectivity index (χ2v) is 1.50. The first kappa shape index (κ1) is 8.80. The molecule has 5 nitrogen and oxygen atoms in total. The molecule has 0 spiro atoms. The Labute approximate surface area is 53.7 Å². The second-order valence-electron chi connectivity index (χ2n) is 1.50. The fourth-order valence-corrected chi connectivity index (χ4v) is 0.394. The number of nitrogens with two attached hydrogens (primary N) is 2. The lowest BCUT2D eigenvalue weighted by atomic mass is 10.3. The molecule has 0 atom stereocenters. The van der Waals surface area contributed by atoms with E-state index < -0.39 is 0 Å². The largest absolute Gasteiger partial charge is 0.305 e. The summed E-state index contributed by atoms with van der Waals surface area (Å²) in [5, 5.41) is 0. The summed E-state index contributed by atoms with van der Waals surface area (Å²) >= 11 is 0. The summed E-state index contributed by atoms with van der Waals surface area (Å²) in [6.45, 7) is 1.01. The first-order valence-electron chi connectivity index (χ1n) is 2.72. The lowest BCUT2D eigenvalue weighted by molar-refractivity contribution is -0.300. The maximum Gasteiger partial charge on any atom is 0.0843 e. The van der Waals surface area contributed by atoms with Crippen LogP contribution in [0, 0.1) is 0 Å². The summed E-state index contributed by atoms with van der Waals surface area (Å²) in [7, 11) is 0. The average molecular weight is 136 g/mol. The van der Waals surface area contributed by atoms with Gasteiger partial charge in [0, 0.05) is 0 Å². The molecule has 0 aromatic rings. The van der Waals surface area contributed by atoms with E-state index in [0.717, 1.165) is 12.8 Å². The van der Waals surface area contributed by atoms with E-state index in [1.54, 1.807) is 0 Å². The molecule has 0 rings (SSSR count). The Kier molecular flexibility index (Phi) is 7.63. The van der Waals surface area contributed by atoms with Gasteiger partial charge in [0.2, 0.25) is 0 Å². The van der Waals surface area contributed by atoms with E-state index in [2.05, 4.69) is 20.6 Å². The Morgan fingerprint density at radius 3 is 2.22 bits per heavy atom. The predicted octanol–water partition coefficient (Wildman–Crippen LogP) is -0.521. The molecule has 5 heteroatoms. The standard InChI is InChI=1S/C4H12N2O3/c5-7-3-1-2-4-8-9-6/h1-6H2. The summed E-state index contributed by atoms with van der Waals surface area (Å²) in [6, 6.07) is 0. The van der Waals surface area contributed by atoms with Crippen LogP contribution in [0.1, 0.15) is 12.8 Å². The van der Waals surface area contributed by atoms with Crippen molar-refractivity contribution < 1.29 is 14.7 Å². The highest BCUT2D eigenvalue weighted by molar-refractivity contribution is 4.33. The molecule has 0 unspecified atom stereocenters. The van der Waals surface area contributed by atoms with Crippen molar-refractivity contribution in [3.05, 3.63) is 0 Å². The zero-order chi connectivity index (χ0) is 6.95. The zero-order valence-corrected chi connectivity index (χ0v) is 5.21. The van der Waals surface area contributed by atoms with Gasteiger partial charge in [-0.15, -0.1) is 4.99 Å². The van der Waals surface area contributed by atoms with Gasteiger partial charge in [-0.1, -0.05) is 0 Å². The monoisotopic (exact) mass is 136 g/mol. The molecule has 0 saturated heterocycles. The van der Waals surface area contributed by atoms with Gasteiger partial charge in [0.15, 0.2) is 0 Å². The molecular formula is C4H12N2O3. The average Bonchev–Trinajstić information content (AvgIpc) is 1.89. The minimum atomic E-state index is 0.472. The Morgan fingerprint density at radius 2 is 1.67 bits per heavy atom. The van der Waals surface area contributed by atoms with Crippen LogP contribution >= 0.6 is 0 Å². The Balaban J connectivity index is 2.60. The number of hydrogen-bond acceptors (Lipinski definition) is 5. The maximum atomic E-state index is 4.75. The summed E-state index contributed by atoms with van der Waals surface area (Å²) in [5.41, 5.74) is 0. The topological polar surface area (TPSA) is 79.7 Å². The first-order valence-corrected chi connectivity index (χ1v) is 2.72. The molecule has 56 valence electrons. The van der Waals surface area contributed by atoms with E-state index in [1.807, 2.05) is 0 Å². The highest BCUT2D eigenvalue weighted by atomic mass is 17.3. The fraction of sp³-hybridized carbons (Fsp3) is 1.00. The van der Waals surface area contributed by atoms with Gasteiger partial charge >= 0.3 is 0 Å². The van der Waals surface area contributed by atoms with Gasteiger partial charge in [0.1, 0.15) is 0 Å². The van der Waals surface area contributed by atoms with Gasteiger partial charge in [-0.25, -0.2) is 10.8 Å². The highest BCUT2D eigenvalue weighted by Crippen LogP contribution is 1.88. The van der Waals surface area contributed by atoms with Crippen molar-refractivity contribution >= 4 is 0 Å². The molecule has 0 aromatic heterocycles. The van der Waals surface area contributed by atoms with Crippen LogP contribution in [0.25, 0.3) is 0 Å². The number of rotatable bonds is 6. The molecule has 0 aliphatic heterocycles. The minimum Gasteiger partial charge on any atom is -0.305 e. The lowest BCUT2D eigenvalue weighted by Crippen LogP contribution is -2.05. The van der Waals surface area contributed by atoms with E-state index in [0.29, 0.717) is 13.2 Å². The van der Waals surface area contributed by atoms with Gasteiger partial charge in [0.05, 0.1) is 13.2 Å². The third-order valence-corrected chi connectivity index (χ3v) is 0.808. The molecule has 0 heterocycles. The van der Waals surface area contributed by atoms with E-state index in [4.69, 9.17) is 5.90 Å². The van der Waals surface area contributed by atoms with Crippen molar-refractivity contribution in [3.63, 3.8) is 0 Å². The van der Waals surface area contributed by atoms with E-state index in [1.165, 1.54) is 0 Å². The molecule has 0 bridgehead atoms. The van der Waals surface area contributed by atoms with Crippen molar-refractivity contribution in [1.29, 1.82) is 0 Å². The van der Waals surface area contributed by atoms with Gasteiger partial charge in [0.25, 0.3) is 0 Å². The van der Waals surface area contributed by atoms with Crippen LogP contribution < -0.4 is 11.8 Å². The number of unbranched alkanes of at least 4 members (excludes halogenated alkanes) is 1. The Bertz CT molecular complexity index is 47.1. The van der Waals surface area contributed by atoms with Crippen LogP contribution in [0.15, 0.2) is 0 Å². The highest BCUT2D eigenvalue weighted by Gasteiger charge is 1.86. The van der Waals surface area contributed by atoms with E-state index >= 15 is 0 Å². The van der Waals surface area contributed by atoms with E-state index in [-0.39, 0.29) is 0 Å². The third-order valence-electron chi connectivity index (χ3n) is 0.808. The molecule has 0 aliphatic rings. The van der Waals surface area contributed by atoms with Crippen molar-refractivity contribution in [2.24, 2.45) is 11.8 Å². The van der Waals surface area contributed by atoms with Gasteiger partial charge in [-0.3, -0.25) is 0 Å². The Morgan fingerprint density at radius 1 is 1.00 bits per heavy atom. The smallest absolute Gasteiger partial charge is 0.0843 e. The summed E-state index contributed by atoms with van der Waals surface area (Å²) < 4.78 is 0. The molecule has 0 saturated carbocycles. The lowest BCUT2D eigenvalue weighted by Gasteiger charge is -1.97. The van der Waals surface area contributed by atoms with Crippen LogP contribution in [-0.4, -0.2) is 13.2 Å². The molecular weight excluding hydrogens is 124 g/mol. The van der Waals surface area contributed by atoms with Gasteiger partial charge in [-0.05, 0) is 12.8 Å². The SMILES string of the molecule is NOCCCCOON. The molecule has 9 heavy (non-hydrogen) atoms. The van der Waals surface area contributed by atoms with Crippen LogP contribution in [0.4, 0.5) is 0 Å². The normalized spacial score (nSPS) is 10.0. The van der Waals surface area contributed by atoms with Crippen LogP contribution in [0.5, 0.6) is 0 Å². The van der Waals surface area contributed by atoms with Crippen molar-refractivity contribution in [2.45, 2.75) is 12.8 Å². The predicted molar refractivity (Wildman–Crippen MR) is 30.6 cm³/mol. The van der Waals surface area contributed by atoms with Crippen molar-refractivity contribution in [2.75, 3.05) is 13.2 Å². The molecule has 0 aliphatic carbocycles. The molecule has 0 aromatic carbocycles.